The zero-order valence-electron chi connectivity index (χ0n) is 22.1. The van der Waals surface area contributed by atoms with Crippen molar-refractivity contribution >= 4 is 28.7 Å². The molecule has 0 amide bonds. The maximum absolute atomic E-state index is 6.15. The highest BCUT2D eigenvalue weighted by atomic mass is 15.3. The molecule has 0 saturated carbocycles. The van der Waals surface area contributed by atoms with Gasteiger partial charge in [-0.2, -0.15) is 9.97 Å². The van der Waals surface area contributed by atoms with Crippen molar-refractivity contribution in [3.8, 4) is 0 Å². The van der Waals surface area contributed by atoms with Crippen LogP contribution in [-0.2, 0) is 6.54 Å². The molecule has 10 nitrogen and oxygen atoms in total. The smallest absolute Gasteiger partial charge is 0.229 e. The highest BCUT2D eigenvalue weighted by molar-refractivity contribution is 5.84. The van der Waals surface area contributed by atoms with Crippen molar-refractivity contribution in [2.75, 3.05) is 55.4 Å². The van der Waals surface area contributed by atoms with Gasteiger partial charge in [0.25, 0.3) is 0 Å². The Morgan fingerprint density at radius 3 is 2.44 bits per heavy atom. The summed E-state index contributed by atoms with van der Waals surface area (Å²) in [6, 6.07) is 5.33. The molecule has 0 unspecified atom stereocenters. The summed E-state index contributed by atoms with van der Waals surface area (Å²) < 4.78 is 2.12. The number of anilines is 3. The number of aromatic nitrogens is 5. The van der Waals surface area contributed by atoms with Gasteiger partial charge in [0.15, 0.2) is 17.0 Å². The Kier molecular flexibility index (Phi) is 7.25. The Morgan fingerprint density at radius 2 is 1.75 bits per heavy atom. The fourth-order valence-corrected chi connectivity index (χ4v) is 5.27. The first-order valence-electron chi connectivity index (χ1n) is 13.2. The van der Waals surface area contributed by atoms with Crippen LogP contribution in [-0.4, -0.2) is 81.8 Å². The number of hydrogen-bond donors (Lipinski definition) is 2. The van der Waals surface area contributed by atoms with Gasteiger partial charge in [0.2, 0.25) is 5.95 Å². The second-order valence-electron chi connectivity index (χ2n) is 10.6. The van der Waals surface area contributed by atoms with E-state index in [2.05, 4.69) is 58.6 Å². The molecule has 3 aromatic rings. The molecule has 0 aromatic carbocycles. The summed E-state index contributed by atoms with van der Waals surface area (Å²) in [5.41, 5.74) is 8.98. The van der Waals surface area contributed by atoms with Crippen LogP contribution in [0.25, 0.3) is 11.2 Å². The molecule has 0 spiro atoms. The van der Waals surface area contributed by atoms with Gasteiger partial charge in [-0.25, -0.2) is 9.97 Å². The molecule has 3 aromatic heterocycles. The van der Waals surface area contributed by atoms with Crippen molar-refractivity contribution in [3.63, 3.8) is 0 Å². The first-order valence-corrected chi connectivity index (χ1v) is 13.2. The van der Waals surface area contributed by atoms with Gasteiger partial charge in [-0.15, -0.1) is 0 Å². The molecule has 2 aliphatic rings. The first-order chi connectivity index (χ1) is 17.4. The maximum atomic E-state index is 6.15. The van der Waals surface area contributed by atoms with Crippen molar-refractivity contribution in [1.82, 2.24) is 29.4 Å². The van der Waals surface area contributed by atoms with Crippen LogP contribution in [0.4, 0.5) is 17.6 Å². The normalized spacial score (nSPS) is 18.1. The van der Waals surface area contributed by atoms with Gasteiger partial charge in [-0.1, -0.05) is 6.07 Å². The largest absolute Gasteiger partial charge is 0.364 e. The highest BCUT2D eigenvalue weighted by Gasteiger charge is 2.24. The number of rotatable bonds is 7. The molecule has 3 N–H and O–H groups in total. The zero-order valence-corrected chi connectivity index (χ0v) is 22.1. The summed E-state index contributed by atoms with van der Waals surface area (Å²) >= 11 is 0. The van der Waals surface area contributed by atoms with Crippen molar-refractivity contribution in [2.45, 2.75) is 64.2 Å². The van der Waals surface area contributed by atoms with Crippen molar-refractivity contribution in [3.05, 3.63) is 30.2 Å². The van der Waals surface area contributed by atoms with E-state index < -0.39 is 0 Å². The molecule has 194 valence electrons. The maximum Gasteiger partial charge on any atom is 0.229 e. The van der Waals surface area contributed by atoms with Crippen LogP contribution in [0, 0.1) is 0 Å². The number of hydrogen-bond acceptors (Lipinski definition) is 9. The van der Waals surface area contributed by atoms with E-state index in [1.54, 1.807) is 0 Å². The van der Waals surface area contributed by atoms with Crippen LogP contribution in [0.3, 0.4) is 0 Å². The lowest BCUT2D eigenvalue weighted by atomic mass is 10.0. The van der Waals surface area contributed by atoms with Crippen molar-refractivity contribution in [2.24, 2.45) is 5.73 Å². The van der Waals surface area contributed by atoms with Gasteiger partial charge < -0.3 is 30.3 Å². The summed E-state index contributed by atoms with van der Waals surface area (Å²) in [6.07, 6.45) is 7.98. The van der Waals surface area contributed by atoms with Crippen molar-refractivity contribution < 1.29 is 0 Å². The van der Waals surface area contributed by atoms with E-state index in [1.165, 1.54) is 5.56 Å². The molecule has 5 heterocycles. The molecule has 0 radical (unpaired) electrons. The summed E-state index contributed by atoms with van der Waals surface area (Å²) in [5, 5.41) is 3.60. The molecule has 0 bridgehead atoms. The van der Waals surface area contributed by atoms with Crippen LogP contribution in [0.5, 0.6) is 0 Å². The van der Waals surface area contributed by atoms with Gasteiger partial charge in [-0.3, -0.25) is 0 Å². The molecule has 2 aliphatic heterocycles. The van der Waals surface area contributed by atoms with Gasteiger partial charge in [0.05, 0.1) is 6.33 Å². The number of fused-ring (bicyclic) bond motifs is 1. The fourth-order valence-electron chi connectivity index (χ4n) is 5.27. The Labute approximate surface area is 213 Å². The van der Waals surface area contributed by atoms with Crippen LogP contribution in [0.2, 0.25) is 0 Å². The fraction of sp³-hybridized carbons (Fsp3) is 0.615. The number of piperidine rings is 2. The Bertz CT molecular complexity index is 1160. The SMILES string of the molecule is CC(C)n1cnc2c(NCc3cccnc3N3CCC(N(C)C)CC3)nc(N3CCC(N)CC3)nc21. The summed E-state index contributed by atoms with van der Waals surface area (Å²) in [4.78, 5) is 26.4. The minimum Gasteiger partial charge on any atom is -0.364 e. The lowest BCUT2D eigenvalue weighted by Gasteiger charge is -2.36. The molecule has 5 rings (SSSR count). The Balaban J connectivity index is 1.40. The number of imidazole rings is 1. The van der Waals surface area contributed by atoms with Crippen LogP contribution in [0.1, 0.15) is 51.1 Å². The summed E-state index contributed by atoms with van der Waals surface area (Å²) in [7, 11) is 4.35. The van der Waals surface area contributed by atoms with Crippen LogP contribution < -0.4 is 20.9 Å². The van der Waals surface area contributed by atoms with Crippen LogP contribution >= 0.6 is 0 Å². The topological polar surface area (TPSA) is 104 Å². The third-order valence-electron chi connectivity index (χ3n) is 7.60. The van der Waals surface area contributed by atoms with Gasteiger partial charge >= 0.3 is 0 Å². The van der Waals surface area contributed by atoms with Crippen LogP contribution in [0.15, 0.2) is 24.7 Å². The first kappa shape index (κ1) is 24.7. The molecule has 10 heteroatoms. The monoisotopic (exact) mass is 492 g/mol. The van der Waals surface area contributed by atoms with Gasteiger partial charge in [0.1, 0.15) is 5.82 Å². The van der Waals surface area contributed by atoms with E-state index in [0.717, 1.165) is 80.6 Å². The quantitative estimate of drug-likeness (QED) is 0.515. The second kappa shape index (κ2) is 10.6. The third-order valence-corrected chi connectivity index (χ3v) is 7.60. The van der Waals surface area contributed by atoms with E-state index >= 15 is 0 Å². The minimum absolute atomic E-state index is 0.260. The Morgan fingerprint density at radius 1 is 1.03 bits per heavy atom. The van der Waals surface area contributed by atoms with E-state index in [0.29, 0.717) is 12.6 Å². The van der Waals surface area contributed by atoms with Gasteiger partial charge in [-0.05, 0) is 59.7 Å². The van der Waals surface area contributed by atoms with E-state index in [9.17, 15) is 0 Å². The second-order valence-corrected chi connectivity index (χ2v) is 10.6. The average molecular weight is 493 g/mol. The third kappa shape index (κ3) is 5.10. The number of nitrogens with zero attached hydrogens (tertiary/aromatic N) is 8. The standard InChI is InChI=1S/C26H40N10/c1-18(2)36-17-30-22-23(31-26(32-25(22)36)35-12-7-20(27)8-13-35)29-16-19-6-5-11-28-24(19)34-14-9-21(10-15-34)33(3)4/h5-6,11,17-18,20-21H,7-10,12-16,27H2,1-4H3,(H,29,31,32). The minimum atomic E-state index is 0.260. The van der Waals surface area contributed by atoms with E-state index in [-0.39, 0.29) is 12.1 Å². The molecule has 36 heavy (non-hydrogen) atoms. The molecule has 2 fully saturated rings. The molecular weight excluding hydrogens is 452 g/mol. The molecule has 0 aliphatic carbocycles. The number of nitrogens with two attached hydrogens (primary N) is 1. The van der Waals surface area contributed by atoms with Crippen molar-refractivity contribution in [1.29, 1.82) is 0 Å². The molecular formula is C26H40N10. The zero-order chi connectivity index (χ0) is 25.2. The summed E-state index contributed by atoms with van der Waals surface area (Å²) in [5.74, 6) is 2.58. The number of nitrogens with one attached hydrogen (secondary N) is 1. The molecule has 0 atom stereocenters. The predicted octanol–water partition coefficient (Wildman–Crippen LogP) is 2.87. The lowest BCUT2D eigenvalue weighted by Crippen LogP contribution is -2.42. The van der Waals surface area contributed by atoms with E-state index in [4.69, 9.17) is 25.7 Å². The van der Waals surface area contributed by atoms with Gasteiger partial charge in [0, 0.05) is 62.6 Å². The van der Waals surface area contributed by atoms with E-state index in [1.807, 2.05) is 18.6 Å². The predicted molar refractivity (Wildman–Crippen MR) is 146 cm³/mol. The lowest BCUT2D eigenvalue weighted by molar-refractivity contribution is 0.249. The number of pyridine rings is 1. The molecule has 2 saturated heterocycles. The Hall–Kier alpha value is -2.98. The average Bonchev–Trinajstić information content (AvgIpc) is 3.32. The summed E-state index contributed by atoms with van der Waals surface area (Å²) in [6.45, 7) is 8.71. The highest BCUT2D eigenvalue weighted by Crippen LogP contribution is 2.28.